The summed E-state index contributed by atoms with van der Waals surface area (Å²) in [4.78, 5) is 12.9. The molecule has 6 nitrogen and oxygen atoms in total. The molecule has 1 amide bonds. The molecule has 0 saturated heterocycles. The second kappa shape index (κ2) is 7.46. The highest BCUT2D eigenvalue weighted by Crippen LogP contribution is 2.25. The predicted molar refractivity (Wildman–Crippen MR) is 106 cm³/mol. The van der Waals surface area contributed by atoms with Crippen molar-refractivity contribution in [2.24, 2.45) is 0 Å². The fourth-order valence-corrected chi connectivity index (χ4v) is 3.66. The van der Waals surface area contributed by atoms with Gasteiger partial charge >= 0.3 is 0 Å². The zero-order valence-electron chi connectivity index (χ0n) is 14.5. The standard InChI is InChI=1S/C19H16ClN5OS/c1-12-22-23-19-25(12)24-18(27-19)15-6-2-14(3-7-15)11-21-17(26)10-13-4-8-16(20)9-5-13/h2-9H,10-11H2,1H3,(H,21,26). The Labute approximate surface area is 164 Å². The highest BCUT2D eigenvalue weighted by molar-refractivity contribution is 7.19. The molecule has 0 aliphatic carbocycles. The van der Waals surface area contributed by atoms with E-state index in [1.165, 1.54) is 11.3 Å². The van der Waals surface area contributed by atoms with Crippen LogP contribution in [-0.2, 0) is 17.8 Å². The number of aromatic nitrogens is 4. The molecule has 0 fully saturated rings. The zero-order chi connectivity index (χ0) is 18.8. The number of nitrogens with one attached hydrogen (secondary N) is 1. The van der Waals surface area contributed by atoms with Crippen LogP contribution in [-0.4, -0.2) is 25.7 Å². The summed E-state index contributed by atoms with van der Waals surface area (Å²) < 4.78 is 1.74. The Hall–Kier alpha value is -2.77. The molecule has 4 aromatic rings. The van der Waals surface area contributed by atoms with Crippen molar-refractivity contribution in [1.29, 1.82) is 0 Å². The maximum Gasteiger partial charge on any atom is 0.234 e. The Kier molecular flexibility index (Phi) is 4.87. The van der Waals surface area contributed by atoms with E-state index < -0.39 is 0 Å². The maximum absolute atomic E-state index is 12.1. The first kappa shape index (κ1) is 17.6. The van der Waals surface area contributed by atoms with Gasteiger partial charge < -0.3 is 5.32 Å². The number of hydrogen-bond acceptors (Lipinski definition) is 5. The van der Waals surface area contributed by atoms with Crippen molar-refractivity contribution in [3.63, 3.8) is 0 Å². The van der Waals surface area contributed by atoms with E-state index in [1.807, 2.05) is 43.3 Å². The highest BCUT2D eigenvalue weighted by atomic mass is 35.5. The predicted octanol–water partition coefficient (Wildman–Crippen LogP) is 3.67. The van der Waals surface area contributed by atoms with Gasteiger partial charge in [-0.2, -0.15) is 9.61 Å². The van der Waals surface area contributed by atoms with E-state index in [4.69, 9.17) is 11.6 Å². The lowest BCUT2D eigenvalue weighted by Crippen LogP contribution is -2.24. The summed E-state index contributed by atoms with van der Waals surface area (Å²) in [6.07, 6.45) is 0.335. The van der Waals surface area contributed by atoms with Gasteiger partial charge in [-0.1, -0.05) is 59.3 Å². The molecule has 8 heteroatoms. The highest BCUT2D eigenvalue weighted by Gasteiger charge is 2.10. The molecule has 2 heterocycles. The maximum atomic E-state index is 12.1. The van der Waals surface area contributed by atoms with Gasteiger partial charge in [0.05, 0.1) is 6.42 Å². The lowest BCUT2D eigenvalue weighted by atomic mass is 10.1. The average molecular weight is 398 g/mol. The second-order valence-electron chi connectivity index (χ2n) is 6.13. The van der Waals surface area contributed by atoms with Gasteiger partial charge in [-0.15, -0.1) is 10.2 Å². The first-order valence-corrected chi connectivity index (χ1v) is 9.57. The van der Waals surface area contributed by atoms with Crippen LogP contribution in [0.1, 0.15) is 17.0 Å². The molecule has 136 valence electrons. The van der Waals surface area contributed by atoms with Gasteiger partial charge in [0.25, 0.3) is 0 Å². The number of fused-ring (bicyclic) bond motifs is 1. The molecule has 0 radical (unpaired) electrons. The molecule has 0 aliphatic heterocycles. The van der Waals surface area contributed by atoms with Gasteiger partial charge in [0.2, 0.25) is 10.9 Å². The van der Waals surface area contributed by atoms with Crippen LogP contribution < -0.4 is 5.32 Å². The van der Waals surface area contributed by atoms with Crippen molar-refractivity contribution in [2.75, 3.05) is 0 Å². The normalized spacial score (nSPS) is 11.0. The SMILES string of the molecule is Cc1nnc2sc(-c3ccc(CNC(=O)Cc4ccc(Cl)cc4)cc3)nn12. The average Bonchev–Trinajstić information content (AvgIpc) is 3.25. The molecular weight excluding hydrogens is 382 g/mol. The lowest BCUT2D eigenvalue weighted by molar-refractivity contribution is -0.120. The number of amides is 1. The van der Waals surface area contributed by atoms with E-state index in [-0.39, 0.29) is 5.91 Å². The number of hydrogen-bond donors (Lipinski definition) is 1. The number of benzene rings is 2. The topological polar surface area (TPSA) is 72.2 Å². The Morgan fingerprint density at radius 3 is 2.48 bits per heavy atom. The number of halogens is 1. The molecule has 0 atom stereocenters. The van der Waals surface area contributed by atoms with Crippen molar-refractivity contribution >= 4 is 33.8 Å². The van der Waals surface area contributed by atoms with Crippen LogP contribution in [0.15, 0.2) is 48.5 Å². The molecule has 1 N–H and O–H groups in total. The van der Waals surface area contributed by atoms with Gasteiger partial charge in [0.15, 0.2) is 5.82 Å². The monoisotopic (exact) mass is 397 g/mol. The number of nitrogens with zero attached hydrogens (tertiary/aromatic N) is 4. The van der Waals surface area contributed by atoms with Gasteiger partial charge in [-0.05, 0) is 30.2 Å². The van der Waals surface area contributed by atoms with Crippen molar-refractivity contribution < 1.29 is 4.79 Å². The fourth-order valence-electron chi connectivity index (χ4n) is 2.65. The Morgan fingerprint density at radius 1 is 1.07 bits per heavy atom. The Balaban J connectivity index is 1.37. The van der Waals surface area contributed by atoms with Crippen LogP contribution in [0.4, 0.5) is 0 Å². The van der Waals surface area contributed by atoms with Crippen molar-refractivity contribution in [2.45, 2.75) is 19.9 Å². The summed E-state index contributed by atoms with van der Waals surface area (Å²) in [6, 6.07) is 15.3. The van der Waals surface area contributed by atoms with Gasteiger partial charge in [-0.25, -0.2) is 0 Å². The summed E-state index contributed by atoms with van der Waals surface area (Å²) in [5.41, 5.74) is 2.98. The van der Waals surface area contributed by atoms with E-state index in [2.05, 4.69) is 20.6 Å². The number of carbonyl (C=O) groups is 1. The largest absolute Gasteiger partial charge is 0.352 e. The summed E-state index contributed by atoms with van der Waals surface area (Å²) in [7, 11) is 0. The van der Waals surface area contributed by atoms with Crippen molar-refractivity contribution in [1.82, 2.24) is 25.1 Å². The van der Waals surface area contributed by atoms with E-state index in [9.17, 15) is 4.79 Å². The molecule has 0 bridgehead atoms. The minimum atomic E-state index is -0.0227. The van der Waals surface area contributed by atoms with Crippen LogP contribution in [0.25, 0.3) is 15.5 Å². The van der Waals surface area contributed by atoms with Crippen LogP contribution in [0.3, 0.4) is 0 Å². The quantitative estimate of drug-likeness (QED) is 0.557. The number of aryl methyl sites for hydroxylation is 1. The van der Waals surface area contributed by atoms with Crippen LogP contribution in [0.5, 0.6) is 0 Å². The van der Waals surface area contributed by atoms with E-state index in [0.29, 0.717) is 18.0 Å². The fraction of sp³-hybridized carbons (Fsp3) is 0.158. The Morgan fingerprint density at radius 2 is 1.78 bits per heavy atom. The molecule has 2 aromatic heterocycles. The van der Waals surface area contributed by atoms with Gasteiger partial charge in [-0.3, -0.25) is 4.79 Å². The Bertz CT molecular complexity index is 1090. The first-order valence-electron chi connectivity index (χ1n) is 8.38. The van der Waals surface area contributed by atoms with Crippen LogP contribution >= 0.6 is 22.9 Å². The molecule has 0 saturated carbocycles. The second-order valence-corrected chi connectivity index (χ2v) is 7.52. The smallest absolute Gasteiger partial charge is 0.234 e. The van der Waals surface area contributed by atoms with E-state index in [0.717, 1.165) is 32.5 Å². The van der Waals surface area contributed by atoms with Crippen LogP contribution in [0.2, 0.25) is 5.02 Å². The van der Waals surface area contributed by atoms with E-state index in [1.54, 1.807) is 16.6 Å². The number of carbonyl (C=O) groups excluding carboxylic acids is 1. The van der Waals surface area contributed by atoms with Crippen molar-refractivity contribution in [3.8, 4) is 10.6 Å². The summed E-state index contributed by atoms with van der Waals surface area (Å²) >= 11 is 7.36. The minimum absolute atomic E-state index is 0.0227. The van der Waals surface area contributed by atoms with Crippen LogP contribution in [0, 0.1) is 6.92 Å². The molecule has 0 aliphatic rings. The number of rotatable bonds is 5. The molecular formula is C19H16ClN5OS. The van der Waals surface area contributed by atoms with Gasteiger partial charge in [0.1, 0.15) is 5.01 Å². The third-order valence-corrected chi connectivity index (χ3v) is 5.32. The summed E-state index contributed by atoms with van der Waals surface area (Å²) in [6.45, 7) is 2.36. The zero-order valence-corrected chi connectivity index (χ0v) is 16.1. The third kappa shape index (κ3) is 3.99. The van der Waals surface area contributed by atoms with Gasteiger partial charge in [0, 0.05) is 17.1 Å². The lowest BCUT2D eigenvalue weighted by Gasteiger charge is -2.06. The molecule has 0 unspecified atom stereocenters. The molecule has 0 spiro atoms. The van der Waals surface area contributed by atoms with E-state index >= 15 is 0 Å². The summed E-state index contributed by atoms with van der Waals surface area (Å²) in [5, 5.41) is 17.1. The third-order valence-electron chi connectivity index (χ3n) is 4.12. The first-order chi connectivity index (χ1) is 13.1. The molecule has 4 rings (SSSR count). The molecule has 2 aromatic carbocycles. The minimum Gasteiger partial charge on any atom is -0.352 e. The molecule has 27 heavy (non-hydrogen) atoms. The summed E-state index contributed by atoms with van der Waals surface area (Å²) in [5.74, 6) is 0.748. The van der Waals surface area contributed by atoms with Crippen molar-refractivity contribution in [3.05, 3.63) is 70.5 Å².